The Kier molecular flexibility index (Phi) is 3.85. The number of halogens is 1. The highest BCUT2D eigenvalue weighted by Crippen LogP contribution is 2.57. The van der Waals surface area contributed by atoms with Gasteiger partial charge in [-0.15, -0.1) is 0 Å². The van der Waals surface area contributed by atoms with Gasteiger partial charge in [0.25, 0.3) is 5.91 Å². The van der Waals surface area contributed by atoms with E-state index in [4.69, 9.17) is 11.6 Å². The van der Waals surface area contributed by atoms with Crippen LogP contribution >= 0.6 is 11.6 Å². The predicted molar refractivity (Wildman–Crippen MR) is 104 cm³/mol. The van der Waals surface area contributed by atoms with Crippen molar-refractivity contribution in [2.75, 3.05) is 6.54 Å². The first kappa shape index (κ1) is 17.4. The van der Waals surface area contributed by atoms with Gasteiger partial charge in [0.2, 0.25) is 0 Å². The molecule has 4 heteroatoms. The normalized spacial score (nSPS) is 26.3. The largest absolute Gasteiger partial charge is 0.508 e. The Balaban J connectivity index is 1.81. The van der Waals surface area contributed by atoms with Crippen molar-refractivity contribution < 1.29 is 9.90 Å². The van der Waals surface area contributed by atoms with Gasteiger partial charge in [0.1, 0.15) is 5.75 Å². The summed E-state index contributed by atoms with van der Waals surface area (Å²) in [6, 6.07) is 13.1. The maximum Gasteiger partial charge on any atom is 0.255 e. The number of likely N-dealkylation sites (tertiary alicyclic amines) is 1. The van der Waals surface area contributed by atoms with Crippen LogP contribution in [0.15, 0.2) is 42.5 Å². The van der Waals surface area contributed by atoms with E-state index in [2.05, 4.69) is 26.8 Å². The van der Waals surface area contributed by atoms with E-state index in [9.17, 15) is 9.90 Å². The molecule has 2 aromatic carbocycles. The molecule has 0 saturated carbocycles. The first-order chi connectivity index (χ1) is 12.3. The van der Waals surface area contributed by atoms with Crippen molar-refractivity contribution in [1.29, 1.82) is 0 Å². The number of amides is 1. The lowest BCUT2D eigenvalue weighted by atomic mass is 9.51. The molecule has 2 aliphatic rings. The monoisotopic (exact) mass is 369 g/mol. The number of benzene rings is 2. The summed E-state index contributed by atoms with van der Waals surface area (Å²) in [5, 5.41) is 10.9. The molecular formula is C22H24ClNO2. The first-order valence-corrected chi connectivity index (χ1v) is 9.52. The number of fused-ring (bicyclic) bond motifs is 4. The Morgan fingerprint density at radius 1 is 1.15 bits per heavy atom. The van der Waals surface area contributed by atoms with Crippen LogP contribution < -0.4 is 0 Å². The standard InChI is InChI=1S/C22H24ClNO2/c1-21(2)19-13-15-16(8-6-10-18(15)25)22(21,3)11-12-24(19)20(26)14-7-4-5-9-17(14)23/h4-10,19,25H,11-13H2,1-3H3/t19-,22+/m1/s1. The molecule has 2 aromatic rings. The quantitative estimate of drug-likeness (QED) is 0.784. The molecule has 1 fully saturated rings. The third kappa shape index (κ3) is 2.23. The molecule has 3 nitrogen and oxygen atoms in total. The zero-order chi connectivity index (χ0) is 18.7. The number of rotatable bonds is 1. The van der Waals surface area contributed by atoms with Crippen LogP contribution in [0.25, 0.3) is 0 Å². The van der Waals surface area contributed by atoms with Crippen LogP contribution in [0.5, 0.6) is 5.75 Å². The third-order valence-electron chi connectivity index (χ3n) is 6.99. The molecule has 0 spiro atoms. The summed E-state index contributed by atoms with van der Waals surface area (Å²) in [4.78, 5) is 15.3. The molecule has 1 aliphatic carbocycles. The molecule has 0 radical (unpaired) electrons. The maximum absolute atomic E-state index is 13.3. The smallest absolute Gasteiger partial charge is 0.255 e. The van der Waals surface area contributed by atoms with E-state index in [-0.39, 0.29) is 22.8 Å². The Morgan fingerprint density at radius 3 is 2.62 bits per heavy atom. The van der Waals surface area contributed by atoms with E-state index in [1.165, 1.54) is 5.56 Å². The summed E-state index contributed by atoms with van der Waals surface area (Å²) in [5.41, 5.74) is 2.57. The van der Waals surface area contributed by atoms with E-state index < -0.39 is 0 Å². The first-order valence-electron chi connectivity index (χ1n) is 9.14. The lowest BCUT2D eigenvalue weighted by Crippen LogP contribution is -2.64. The summed E-state index contributed by atoms with van der Waals surface area (Å²) in [6.45, 7) is 7.46. The van der Waals surface area contributed by atoms with E-state index >= 15 is 0 Å². The Hall–Kier alpha value is -2.00. The maximum atomic E-state index is 13.3. The Morgan fingerprint density at radius 2 is 1.88 bits per heavy atom. The van der Waals surface area contributed by atoms with Gasteiger partial charge in [0.05, 0.1) is 10.6 Å². The molecule has 0 unspecified atom stereocenters. The van der Waals surface area contributed by atoms with E-state index in [0.29, 0.717) is 29.3 Å². The molecule has 4 rings (SSSR count). The van der Waals surface area contributed by atoms with Crippen molar-refractivity contribution in [3.8, 4) is 5.75 Å². The van der Waals surface area contributed by atoms with Gasteiger partial charge in [-0.1, -0.05) is 56.6 Å². The number of carbonyl (C=O) groups is 1. The summed E-state index contributed by atoms with van der Waals surface area (Å²) < 4.78 is 0. The van der Waals surface area contributed by atoms with Gasteiger partial charge in [-0.2, -0.15) is 0 Å². The highest BCUT2D eigenvalue weighted by molar-refractivity contribution is 6.33. The molecule has 1 N–H and O–H groups in total. The minimum absolute atomic E-state index is 0.0189. The van der Waals surface area contributed by atoms with Crippen LogP contribution in [0.1, 0.15) is 48.7 Å². The number of phenols is 1. The zero-order valence-electron chi connectivity index (χ0n) is 15.4. The lowest BCUT2D eigenvalue weighted by molar-refractivity contribution is -0.0266. The van der Waals surface area contributed by atoms with Gasteiger partial charge in [-0.05, 0) is 47.6 Å². The van der Waals surface area contributed by atoms with E-state index in [0.717, 1.165) is 12.0 Å². The second kappa shape index (κ2) is 5.75. The van der Waals surface area contributed by atoms with Gasteiger partial charge >= 0.3 is 0 Å². The van der Waals surface area contributed by atoms with Crippen LogP contribution in [0, 0.1) is 5.41 Å². The topological polar surface area (TPSA) is 40.5 Å². The van der Waals surface area contributed by atoms with Crippen LogP contribution in [0.4, 0.5) is 0 Å². The molecule has 1 saturated heterocycles. The van der Waals surface area contributed by atoms with Gasteiger partial charge in [0.15, 0.2) is 0 Å². The van der Waals surface area contributed by atoms with Crippen LogP contribution in [0.2, 0.25) is 5.02 Å². The van der Waals surface area contributed by atoms with Crippen LogP contribution in [0.3, 0.4) is 0 Å². The minimum atomic E-state index is -0.108. The van der Waals surface area contributed by atoms with Gasteiger partial charge in [-0.3, -0.25) is 4.79 Å². The fourth-order valence-corrected chi connectivity index (χ4v) is 5.17. The molecule has 2 atom stereocenters. The molecule has 1 heterocycles. The second-order valence-electron chi connectivity index (χ2n) is 8.31. The highest BCUT2D eigenvalue weighted by Gasteiger charge is 2.57. The average Bonchev–Trinajstić information content (AvgIpc) is 2.59. The Labute approximate surface area is 159 Å². The second-order valence-corrected chi connectivity index (χ2v) is 8.71. The van der Waals surface area contributed by atoms with Gasteiger partial charge < -0.3 is 10.0 Å². The van der Waals surface area contributed by atoms with Gasteiger partial charge in [0, 0.05) is 18.0 Å². The van der Waals surface area contributed by atoms with E-state index in [1.54, 1.807) is 18.2 Å². The SMILES string of the molecule is CC1(C)[C@H]2Cc3c(O)cccc3[C@]1(C)CCN2C(=O)c1ccccc1Cl. The molecule has 26 heavy (non-hydrogen) atoms. The predicted octanol–water partition coefficient (Wildman–Crippen LogP) is 4.80. The highest BCUT2D eigenvalue weighted by atomic mass is 35.5. The lowest BCUT2D eigenvalue weighted by Gasteiger charge is -2.60. The fourth-order valence-electron chi connectivity index (χ4n) is 4.96. The number of aromatic hydroxyl groups is 1. The zero-order valence-corrected chi connectivity index (χ0v) is 16.2. The summed E-state index contributed by atoms with van der Waals surface area (Å²) in [6.07, 6.45) is 1.53. The average molecular weight is 370 g/mol. The number of phenolic OH excluding ortho intramolecular Hbond substituents is 1. The summed E-state index contributed by atoms with van der Waals surface area (Å²) in [5.74, 6) is 0.316. The van der Waals surface area contributed by atoms with Crippen molar-refractivity contribution in [1.82, 2.24) is 4.90 Å². The van der Waals surface area contributed by atoms with Crippen molar-refractivity contribution in [2.45, 2.75) is 45.1 Å². The number of carbonyl (C=O) groups excluding carboxylic acids is 1. The minimum Gasteiger partial charge on any atom is -0.508 e. The van der Waals surface area contributed by atoms with Crippen molar-refractivity contribution in [3.63, 3.8) is 0 Å². The van der Waals surface area contributed by atoms with Crippen LogP contribution in [-0.4, -0.2) is 28.5 Å². The molecule has 136 valence electrons. The Bertz CT molecular complexity index is 891. The molecular weight excluding hydrogens is 346 g/mol. The fraction of sp³-hybridized carbons (Fsp3) is 0.409. The molecule has 2 bridgehead atoms. The summed E-state index contributed by atoms with van der Waals surface area (Å²) in [7, 11) is 0. The van der Waals surface area contributed by atoms with Crippen molar-refractivity contribution in [3.05, 3.63) is 64.2 Å². The van der Waals surface area contributed by atoms with Crippen molar-refractivity contribution >= 4 is 17.5 Å². The van der Waals surface area contributed by atoms with E-state index in [1.807, 2.05) is 23.1 Å². The third-order valence-corrected chi connectivity index (χ3v) is 7.32. The number of hydrogen-bond donors (Lipinski definition) is 1. The molecule has 1 amide bonds. The van der Waals surface area contributed by atoms with Crippen LogP contribution in [-0.2, 0) is 11.8 Å². The summed E-state index contributed by atoms with van der Waals surface area (Å²) >= 11 is 6.29. The molecule has 1 aliphatic heterocycles. The molecule has 0 aromatic heterocycles. The number of nitrogens with zero attached hydrogens (tertiary/aromatic N) is 1. The number of piperidine rings is 1. The number of hydrogen-bond acceptors (Lipinski definition) is 2. The van der Waals surface area contributed by atoms with Gasteiger partial charge in [-0.25, -0.2) is 0 Å². The van der Waals surface area contributed by atoms with Crippen molar-refractivity contribution in [2.24, 2.45) is 5.41 Å².